The number of aliphatic hydroxyl groups excluding tert-OH is 4. The number of unbranched alkanes of at least 4 members (excludes halogenated alkanes) is 13. The van der Waals surface area contributed by atoms with Crippen LogP contribution in [0, 0.1) is 0 Å². The molecule has 0 bridgehead atoms. The molecule has 0 radical (unpaired) electrons. The van der Waals surface area contributed by atoms with Gasteiger partial charge in [0.1, 0.15) is 6.10 Å². The van der Waals surface area contributed by atoms with E-state index in [4.69, 9.17) is 10.8 Å². The smallest absolute Gasteiger partial charge is 0.107 e. The van der Waals surface area contributed by atoms with E-state index in [0.717, 1.165) is 19.3 Å². The third-order valence-electron chi connectivity index (χ3n) is 5.66. The van der Waals surface area contributed by atoms with Gasteiger partial charge in [0.25, 0.3) is 0 Å². The van der Waals surface area contributed by atoms with Crippen molar-refractivity contribution in [2.24, 2.45) is 5.73 Å². The lowest BCUT2D eigenvalue weighted by Crippen LogP contribution is -2.49. The predicted octanol–water partition coefficient (Wildman–Crippen LogP) is 4.21. The van der Waals surface area contributed by atoms with Crippen molar-refractivity contribution in [3.8, 4) is 0 Å². The number of hydrogen-bond acceptors (Lipinski definition) is 5. The second-order valence-electron chi connectivity index (χ2n) is 8.48. The number of rotatable bonds is 21. The normalized spacial score (nSPS) is 16.2. The summed E-state index contributed by atoms with van der Waals surface area (Å²) in [6.07, 6.45) is 20.1. The number of hydrogen-bond donors (Lipinski definition) is 5. The average molecular weight is 416 g/mol. The first-order chi connectivity index (χ1) is 14.0. The summed E-state index contributed by atoms with van der Waals surface area (Å²) in [6.45, 7) is 1.84. The predicted molar refractivity (Wildman–Crippen MR) is 122 cm³/mol. The Hall–Kier alpha value is -0.460. The van der Waals surface area contributed by atoms with Crippen LogP contribution in [-0.2, 0) is 0 Å². The molecule has 174 valence electrons. The number of aliphatic hydroxyl groups is 4. The molecule has 5 nitrogen and oxygen atoms in total. The molecule has 0 saturated carbocycles. The molecule has 6 N–H and O–H groups in total. The van der Waals surface area contributed by atoms with Crippen LogP contribution in [-0.4, -0.2) is 51.4 Å². The van der Waals surface area contributed by atoms with E-state index in [1.165, 1.54) is 77.0 Å². The van der Waals surface area contributed by atoms with Gasteiger partial charge in [0.2, 0.25) is 0 Å². The van der Waals surface area contributed by atoms with Crippen molar-refractivity contribution >= 4 is 0 Å². The molecular weight excluding hydrogens is 366 g/mol. The molecule has 0 fully saturated rings. The van der Waals surface area contributed by atoms with Gasteiger partial charge < -0.3 is 26.2 Å². The highest BCUT2D eigenvalue weighted by Crippen LogP contribution is 2.14. The van der Waals surface area contributed by atoms with Crippen LogP contribution in [0.5, 0.6) is 0 Å². The van der Waals surface area contributed by atoms with Gasteiger partial charge in [0.15, 0.2) is 0 Å². The molecule has 0 aromatic carbocycles. The average Bonchev–Trinajstić information content (AvgIpc) is 2.73. The van der Waals surface area contributed by atoms with Crippen LogP contribution in [0.1, 0.15) is 110 Å². The van der Waals surface area contributed by atoms with Crippen LogP contribution in [0.2, 0.25) is 0 Å². The maximum absolute atomic E-state index is 9.91. The van der Waals surface area contributed by atoms with Crippen molar-refractivity contribution < 1.29 is 20.4 Å². The highest BCUT2D eigenvalue weighted by molar-refractivity contribution is 4.83. The fourth-order valence-electron chi connectivity index (χ4n) is 3.54. The van der Waals surface area contributed by atoms with Gasteiger partial charge in [-0.15, -0.1) is 0 Å². The topological polar surface area (TPSA) is 107 Å². The second kappa shape index (κ2) is 20.8. The van der Waals surface area contributed by atoms with Crippen LogP contribution < -0.4 is 5.73 Å². The lowest BCUT2D eigenvalue weighted by molar-refractivity contribution is -0.0754. The van der Waals surface area contributed by atoms with E-state index in [9.17, 15) is 15.3 Å². The summed E-state index contributed by atoms with van der Waals surface area (Å²) < 4.78 is 0. The van der Waals surface area contributed by atoms with Gasteiger partial charge >= 0.3 is 0 Å². The SMILES string of the molecule is CCCCCCC/C=C/CCCCCCCCCC[C@@H](O)[C@@H](O)[C@@H](O)[C@@H](N)CO. The third kappa shape index (κ3) is 17.0. The Balaban J connectivity index is 3.39. The molecule has 0 aliphatic heterocycles. The number of nitrogens with two attached hydrogens (primary N) is 1. The Bertz CT molecular complexity index is 365. The zero-order valence-corrected chi connectivity index (χ0v) is 18.9. The van der Waals surface area contributed by atoms with Crippen molar-refractivity contribution in [3.63, 3.8) is 0 Å². The molecule has 29 heavy (non-hydrogen) atoms. The monoisotopic (exact) mass is 415 g/mol. The van der Waals surface area contributed by atoms with Crippen molar-refractivity contribution in [1.29, 1.82) is 0 Å². The van der Waals surface area contributed by atoms with Gasteiger partial charge in [-0.1, -0.05) is 89.7 Å². The summed E-state index contributed by atoms with van der Waals surface area (Å²) in [7, 11) is 0. The van der Waals surface area contributed by atoms with Crippen molar-refractivity contribution in [2.75, 3.05) is 6.61 Å². The molecule has 0 amide bonds. The quantitative estimate of drug-likeness (QED) is 0.143. The van der Waals surface area contributed by atoms with Crippen LogP contribution in [0.4, 0.5) is 0 Å². The second-order valence-corrected chi connectivity index (χ2v) is 8.48. The van der Waals surface area contributed by atoms with Crippen molar-refractivity contribution in [1.82, 2.24) is 0 Å². The largest absolute Gasteiger partial charge is 0.395 e. The molecule has 4 atom stereocenters. The van der Waals surface area contributed by atoms with Crippen LogP contribution in [0.15, 0.2) is 12.2 Å². The molecule has 0 aromatic heterocycles. The molecule has 0 aliphatic carbocycles. The number of allylic oxidation sites excluding steroid dienone is 2. The molecule has 5 heteroatoms. The van der Waals surface area contributed by atoms with Gasteiger partial charge in [-0.2, -0.15) is 0 Å². The lowest BCUT2D eigenvalue weighted by atomic mass is 9.97. The minimum absolute atomic E-state index is 0.416. The van der Waals surface area contributed by atoms with E-state index in [0.29, 0.717) is 6.42 Å². The summed E-state index contributed by atoms with van der Waals surface area (Å²) in [5.41, 5.74) is 5.48. The summed E-state index contributed by atoms with van der Waals surface area (Å²) >= 11 is 0. The van der Waals surface area contributed by atoms with Crippen LogP contribution >= 0.6 is 0 Å². The first-order valence-electron chi connectivity index (χ1n) is 12.1. The summed E-state index contributed by atoms with van der Waals surface area (Å²) in [4.78, 5) is 0. The van der Waals surface area contributed by atoms with E-state index in [1.807, 2.05) is 0 Å². The fraction of sp³-hybridized carbons (Fsp3) is 0.917. The maximum atomic E-state index is 9.91. The molecule has 0 spiro atoms. The third-order valence-corrected chi connectivity index (χ3v) is 5.66. The molecule has 0 aliphatic rings. The Morgan fingerprint density at radius 1 is 0.655 bits per heavy atom. The maximum Gasteiger partial charge on any atom is 0.107 e. The fourth-order valence-corrected chi connectivity index (χ4v) is 3.54. The highest BCUT2D eigenvalue weighted by Gasteiger charge is 2.28. The molecule has 0 aromatic rings. The zero-order chi connectivity index (χ0) is 21.7. The molecule has 0 saturated heterocycles. The minimum atomic E-state index is -1.30. The van der Waals surface area contributed by atoms with E-state index >= 15 is 0 Å². The minimum Gasteiger partial charge on any atom is -0.395 e. The Labute approximate surface area is 179 Å². The molecular formula is C24H49NO4. The zero-order valence-electron chi connectivity index (χ0n) is 18.9. The summed E-state index contributed by atoms with van der Waals surface area (Å²) in [6, 6.07) is -0.925. The van der Waals surface area contributed by atoms with Gasteiger partial charge in [-0.05, 0) is 32.1 Å². The summed E-state index contributed by atoms with van der Waals surface area (Å²) in [5, 5.41) is 38.3. The Kier molecular flexibility index (Phi) is 20.5. The van der Waals surface area contributed by atoms with Crippen LogP contribution in [0.3, 0.4) is 0 Å². The van der Waals surface area contributed by atoms with Crippen LogP contribution in [0.25, 0.3) is 0 Å². The van der Waals surface area contributed by atoms with E-state index in [1.54, 1.807) is 0 Å². The highest BCUT2D eigenvalue weighted by atomic mass is 16.4. The van der Waals surface area contributed by atoms with E-state index in [-0.39, 0.29) is 0 Å². The molecule has 0 unspecified atom stereocenters. The van der Waals surface area contributed by atoms with Gasteiger partial charge in [0.05, 0.1) is 24.9 Å². The first kappa shape index (κ1) is 28.5. The first-order valence-corrected chi connectivity index (χ1v) is 12.1. The molecule has 0 heterocycles. The Morgan fingerprint density at radius 2 is 1.10 bits per heavy atom. The van der Waals surface area contributed by atoms with Crippen molar-refractivity contribution in [2.45, 2.75) is 134 Å². The standard InChI is InChI=1S/C24H49NO4/c1-2-3-4-5-6-7-8-9-10-11-12-13-14-15-16-17-18-19-22(27)24(29)23(28)21(25)20-26/h8-9,21-24,26-29H,2-7,10-20,25H2,1H3/b9-8+/t21-,22+,23-,24+/m0/s1. The van der Waals surface area contributed by atoms with E-state index < -0.39 is 31.0 Å². The Morgan fingerprint density at radius 3 is 1.59 bits per heavy atom. The summed E-state index contributed by atoms with van der Waals surface area (Å²) in [5.74, 6) is 0. The van der Waals surface area contributed by atoms with Crippen molar-refractivity contribution in [3.05, 3.63) is 12.2 Å². The van der Waals surface area contributed by atoms with E-state index in [2.05, 4.69) is 19.1 Å². The lowest BCUT2D eigenvalue weighted by Gasteiger charge is -2.26. The molecule has 0 rings (SSSR count). The van der Waals surface area contributed by atoms with Gasteiger partial charge in [-0.25, -0.2) is 0 Å². The van der Waals surface area contributed by atoms with Gasteiger partial charge in [-0.3, -0.25) is 0 Å². The van der Waals surface area contributed by atoms with Gasteiger partial charge in [0, 0.05) is 0 Å².